The number of aromatic nitrogens is 1. The second-order valence-corrected chi connectivity index (χ2v) is 8.04. The molecule has 0 radical (unpaired) electrons. The minimum Gasteiger partial charge on any atom is -0.365 e. The van der Waals surface area contributed by atoms with E-state index >= 15 is 0 Å². The number of carbonyl (C=O) groups excluding carboxylic acids is 1. The van der Waals surface area contributed by atoms with Crippen molar-refractivity contribution in [3.8, 4) is 0 Å². The van der Waals surface area contributed by atoms with Crippen LogP contribution in [0.1, 0.15) is 38.8 Å². The van der Waals surface area contributed by atoms with Crippen molar-refractivity contribution in [3.05, 3.63) is 11.1 Å². The maximum absolute atomic E-state index is 12.6. The zero-order valence-corrected chi connectivity index (χ0v) is 15.2. The number of nitrogens with zero attached hydrogens (tertiary/aromatic N) is 3. The summed E-state index contributed by atoms with van der Waals surface area (Å²) in [5.41, 5.74) is 1.10. The molecule has 2 aliphatic rings. The topological polar surface area (TPSA) is 48.5 Å². The zero-order chi connectivity index (χ0) is 16.4. The van der Waals surface area contributed by atoms with E-state index in [4.69, 9.17) is 0 Å². The monoisotopic (exact) mass is 336 g/mol. The number of rotatable bonds is 6. The van der Waals surface area contributed by atoms with Crippen LogP contribution in [0.25, 0.3) is 0 Å². The molecule has 1 N–H and O–H groups in total. The van der Waals surface area contributed by atoms with Gasteiger partial charge in [-0.05, 0) is 24.7 Å². The van der Waals surface area contributed by atoms with Crippen LogP contribution in [0.2, 0.25) is 0 Å². The van der Waals surface area contributed by atoms with E-state index in [0.29, 0.717) is 24.3 Å². The molecule has 1 aromatic rings. The van der Waals surface area contributed by atoms with Gasteiger partial charge >= 0.3 is 0 Å². The standard InChI is InChI=1S/C17H28N4OS/c1-12(2)15-10-20(9-14-11-23-17(18-3)19-14)7-6-16(22)21(15)8-13-4-5-13/h11-13,15H,4-10H2,1-3H3,(H,18,19). The highest BCUT2D eigenvalue weighted by molar-refractivity contribution is 7.13. The van der Waals surface area contributed by atoms with Crippen LogP contribution in [0.15, 0.2) is 5.38 Å². The molecule has 1 amide bonds. The molecule has 1 aliphatic heterocycles. The number of anilines is 1. The molecule has 3 rings (SSSR count). The second-order valence-electron chi connectivity index (χ2n) is 7.18. The fraction of sp³-hybridized carbons (Fsp3) is 0.765. The van der Waals surface area contributed by atoms with E-state index in [2.05, 4.69) is 39.3 Å². The quantitative estimate of drug-likeness (QED) is 0.868. The van der Waals surface area contributed by atoms with Gasteiger partial charge in [-0.1, -0.05) is 13.8 Å². The molecule has 0 spiro atoms. The lowest BCUT2D eigenvalue weighted by Gasteiger charge is -2.34. The average molecular weight is 337 g/mol. The Hall–Kier alpha value is -1.14. The van der Waals surface area contributed by atoms with Gasteiger partial charge < -0.3 is 10.2 Å². The highest BCUT2D eigenvalue weighted by Crippen LogP contribution is 2.32. The molecule has 1 aliphatic carbocycles. The van der Waals surface area contributed by atoms with E-state index in [-0.39, 0.29) is 0 Å². The molecule has 6 heteroatoms. The van der Waals surface area contributed by atoms with E-state index in [1.165, 1.54) is 12.8 Å². The molecule has 128 valence electrons. The van der Waals surface area contributed by atoms with Crippen molar-refractivity contribution < 1.29 is 4.79 Å². The van der Waals surface area contributed by atoms with Crippen LogP contribution in [0.5, 0.6) is 0 Å². The van der Waals surface area contributed by atoms with Crippen LogP contribution in [-0.2, 0) is 11.3 Å². The predicted octanol–water partition coefficient (Wildman–Crippen LogP) is 2.65. The van der Waals surface area contributed by atoms with Gasteiger partial charge in [0.25, 0.3) is 0 Å². The molecule has 0 aromatic carbocycles. The Kier molecular flexibility index (Phi) is 5.21. The van der Waals surface area contributed by atoms with Crippen molar-refractivity contribution >= 4 is 22.4 Å². The van der Waals surface area contributed by atoms with Gasteiger partial charge in [-0.15, -0.1) is 11.3 Å². The van der Waals surface area contributed by atoms with Crippen molar-refractivity contribution in [2.75, 3.05) is 32.0 Å². The fourth-order valence-corrected chi connectivity index (χ4v) is 3.95. The smallest absolute Gasteiger partial charge is 0.224 e. The summed E-state index contributed by atoms with van der Waals surface area (Å²) in [5.74, 6) is 1.58. The summed E-state index contributed by atoms with van der Waals surface area (Å²) >= 11 is 1.64. The normalized spacial score (nSPS) is 23.4. The number of nitrogens with one attached hydrogen (secondary N) is 1. The summed E-state index contributed by atoms with van der Waals surface area (Å²) in [6, 6.07) is 0.327. The van der Waals surface area contributed by atoms with E-state index in [1.54, 1.807) is 11.3 Å². The fourth-order valence-electron chi connectivity index (χ4n) is 3.29. The van der Waals surface area contributed by atoms with Crippen molar-refractivity contribution in [1.29, 1.82) is 0 Å². The van der Waals surface area contributed by atoms with Crippen molar-refractivity contribution in [1.82, 2.24) is 14.8 Å². The molecule has 0 bridgehead atoms. The third-order valence-corrected chi connectivity index (χ3v) is 5.79. The maximum atomic E-state index is 12.6. The highest BCUT2D eigenvalue weighted by Gasteiger charge is 2.35. The number of carbonyl (C=O) groups is 1. The summed E-state index contributed by atoms with van der Waals surface area (Å²) in [7, 11) is 1.90. The molecule has 23 heavy (non-hydrogen) atoms. The Morgan fingerprint density at radius 2 is 2.22 bits per heavy atom. The van der Waals surface area contributed by atoms with Gasteiger partial charge in [0.15, 0.2) is 5.13 Å². The first-order valence-corrected chi connectivity index (χ1v) is 9.58. The van der Waals surface area contributed by atoms with Crippen LogP contribution < -0.4 is 5.32 Å². The molecule has 1 atom stereocenters. The van der Waals surface area contributed by atoms with E-state index < -0.39 is 0 Å². The molecule has 1 saturated heterocycles. The summed E-state index contributed by atoms with van der Waals surface area (Å²) in [6.07, 6.45) is 3.23. The first kappa shape index (κ1) is 16.7. The summed E-state index contributed by atoms with van der Waals surface area (Å²) in [4.78, 5) is 21.8. The third kappa shape index (κ3) is 4.23. The molecular formula is C17H28N4OS. The zero-order valence-electron chi connectivity index (χ0n) is 14.4. The van der Waals surface area contributed by atoms with Gasteiger partial charge in [0.05, 0.1) is 5.69 Å². The predicted molar refractivity (Wildman–Crippen MR) is 94.6 cm³/mol. The van der Waals surface area contributed by atoms with Crippen LogP contribution in [0, 0.1) is 11.8 Å². The SMILES string of the molecule is CNc1nc(CN2CCC(=O)N(CC3CC3)C(C(C)C)C2)cs1. The molecule has 2 heterocycles. The Labute approximate surface area is 143 Å². The van der Waals surface area contributed by atoms with Gasteiger partial charge in [-0.25, -0.2) is 4.98 Å². The molecule has 2 fully saturated rings. The minimum absolute atomic E-state index is 0.327. The lowest BCUT2D eigenvalue weighted by atomic mass is 10.0. The summed E-state index contributed by atoms with van der Waals surface area (Å²) < 4.78 is 0. The summed E-state index contributed by atoms with van der Waals surface area (Å²) in [6.45, 7) is 8.09. The number of amides is 1. The Bertz CT molecular complexity index is 540. The largest absolute Gasteiger partial charge is 0.365 e. The Balaban J connectivity index is 1.69. The number of thiazole rings is 1. The second kappa shape index (κ2) is 7.18. The maximum Gasteiger partial charge on any atom is 0.224 e. The van der Waals surface area contributed by atoms with E-state index in [9.17, 15) is 4.79 Å². The van der Waals surface area contributed by atoms with E-state index in [1.807, 2.05) is 7.05 Å². The van der Waals surface area contributed by atoms with Gasteiger partial charge in [0.2, 0.25) is 5.91 Å². The lowest BCUT2D eigenvalue weighted by Crippen LogP contribution is -2.47. The van der Waals surface area contributed by atoms with Gasteiger partial charge in [0, 0.05) is 51.1 Å². The minimum atomic E-state index is 0.327. The first-order valence-electron chi connectivity index (χ1n) is 8.70. The van der Waals surface area contributed by atoms with Crippen LogP contribution >= 0.6 is 11.3 Å². The lowest BCUT2D eigenvalue weighted by molar-refractivity contribution is -0.133. The van der Waals surface area contributed by atoms with Crippen LogP contribution in [0.3, 0.4) is 0 Å². The molecule has 5 nitrogen and oxygen atoms in total. The van der Waals surface area contributed by atoms with Gasteiger partial charge in [0.1, 0.15) is 0 Å². The molecule has 1 aromatic heterocycles. The van der Waals surface area contributed by atoms with E-state index in [0.717, 1.165) is 42.9 Å². The van der Waals surface area contributed by atoms with Gasteiger partial charge in [-0.2, -0.15) is 0 Å². The van der Waals surface area contributed by atoms with Crippen molar-refractivity contribution in [3.63, 3.8) is 0 Å². The Morgan fingerprint density at radius 3 is 2.83 bits per heavy atom. The average Bonchev–Trinajstić information content (AvgIpc) is 3.26. The number of hydrogen-bond donors (Lipinski definition) is 1. The first-order chi connectivity index (χ1) is 11.1. The third-order valence-electron chi connectivity index (χ3n) is 4.88. The van der Waals surface area contributed by atoms with Crippen LogP contribution in [-0.4, -0.2) is 53.4 Å². The van der Waals surface area contributed by atoms with Crippen molar-refractivity contribution in [2.45, 2.75) is 45.7 Å². The van der Waals surface area contributed by atoms with Crippen LogP contribution in [0.4, 0.5) is 5.13 Å². The number of hydrogen-bond acceptors (Lipinski definition) is 5. The Morgan fingerprint density at radius 1 is 1.43 bits per heavy atom. The van der Waals surface area contributed by atoms with Crippen molar-refractivity contribution in [2.24, 2.45) is 11.8 Å². The molecular weight excluding hydrogens is 308 g/mol. The molecule has 1 unspecified atom stereocenters. The highest BCUT2D eigenvalue weighted by atomic mass is 32.1. The van der Waals surface area contributed by atoms with Gasteiger partial charge in [-0.3, -0.25) is 9.69 Å². The summed E-state index contributed by atoms with van der Waals surface area (Å²) in [5, 5.41) is 6.17. The molecule has 1 saturated carbocycles.